The Kier molecular flexibility index (Phi) is 3.33. The van der Waals surface area contributed by atoms with Crippen LogP contribution in [0.1, 0.15) is 11.1 Å². The monoisotopic (exact) mass is 332 g/mol. The highest BCUT2D eigenvalue weighted by Crippen LogP contribution is 2.39. The fourth-order valence-electron chi connectivity index (χ4n) is 4.03. The molecule has 0 atom stereocenters. The fourth-order valence-corrected chi connectivity index (χ4v) is 4.03. The Hall–Kier alpha value is -3.12. The third kappa shape index (κ3) is 2.23. The van der Waals surface area contributed by atoms with Crippen LogP contribution in [-0.2, 0) is 0 Å². The normalized spacial score (nSPS) is 11.5. The van der Waals surface area contributed by atoms with Crippen molar-refractivity contribution in [3.05, 3.63) is 96.1 Å². The third-order valence-electron chi connectivity index (χ3n) is 5.57. The van der Waals surface area contributed by atoms with Crippen LogP contribution in [0.5, 0.6) is 0 Å². The maximum Gasteiger partial charge on any atom is -0.00265 e. The van der Waals surface area contributed by atoms with Gasteiger partial charge in [-0.3, -0.25) is 0 Å². The average molecular weight is 332 g/mol. The predicted octanol–water partition coefficient (Wildman–Crippen LogP) is 7.43. The minimum absolute atomic E-state index is 1.29. The van der Waals surface area contributed by atoms with Gasteiger partial charge in [-0.15, -0.1) is 0 Å². The van der Waals surface area contributed by atoms with Gasteiger partial charge in [-0.2, -0.15) is 0 Å². The molecule has 124 valence electrons. The second-order valence-electron chi connectivity index (χ2n) is 7.15. The number of aryl methyl sites for hydroxylation is 2. The van der Waals surface area contributed by atoms with Gasteiger partial charge in [0, 0.05) is 0 Å². The van der Waals surface area contributed by atoms with Crippen molar-refractivity contribution in [2.75, 3.05) is 0 Å². The zero-order valence-electron chi connectivity index (χ0n) is 15.1. The Bertz CT molecular complexity index is 1290. The number of hydrogen-bond acceptors (Lipinski definition) is 0. The Labute approximate surface area is 153 Å². The van der Waals surface area contributed by atoms with Gasteiger partial charge < -0.3 is 0 Å². The Balaban J connectivity index is 2.01. The van der Waals surface area contributed by atoms with Gasteiger partial charge in [-0.25, -0.2) is 0 Å². The van der Waals surface area contributed by atoms with Crippen LogP contribution in [0.25, 0.3) is 43.4 Å². The van der Waals surface area contributed by atoms with Gasteiger partial charge in [-0.05, 0) is 74.5 Å². The maximum absolute atomic E-state index is 2.34. The van der Waals surface area contributed by atoms with Crippen LogP contribution in [0.3, 0.4) is 0 Å². The molecule has 0 N–H and O–H groups in total. The van der Waals surface area contributed by atoms with E-state index in [1.54, 1.807) is 0 Å². The molecule has 0 radical (unpaired) electrons. The summed E-state index contributed by atoms with van der Waals surface area (Å²) in [6.07, 6.45) is 0. The topological polar surface area (TPSA) is 0 Å². The molecule has 0 aliphatic rings. The molecule has 0 saturated carbocycles. The van der Waals surface area contributed by atoms with Crippen LogP contribution in [0, 0.1) is 13.8 Å². The molecule has 26 heavy (non-hydrogen) atoms. The van der Waals surface area contributed by atoms with E-state index in [9.17, 15) is 0 Å². The van der Waals surface area contributed by atoms with Gasteiger partial charge in [0.05, 0.1) is 0 Å². The molecule has 5 aromatic rings. The van der Waals surface area contributed by atoms with Gasteiger partial charge in [0.1, 0.15) is 0 Å². The van der Waals surface area contributed by atoms with Gasteiger partial charge in [-0.1, -0.05) is 78.9 Å². The summed E-state index contributed by atoms with van der Waals surface area (Å²) in [5, 5.41) is 7.88. The lowest BCUT2D eigenvalue weighted by Crippen LogP contribution is -1.89. The maximum atomic E-state index is 2.34. The molecule has 0 nitrogen and oxygen atoms in total. The molecular formula is C26H20. The SMILES string of the molecule is Cc1ccc(-c2c3ccccc3cc3c2ccc2ccccc23)cc1C. The second kappa shape index (κ2) is 5.71. The smallest absolute Gasteiger partial charge is 0.00265 e. The van der Waals surface area contributed by atoms with Gasteiger partial charge in [0.15, 0.2) is 0 Å². The molecule has 0 aliphatic carbocycles. The van der Waals surface area contributed by atoms with Crippen molar-refractivity contribution in [3.63, 3.8) is 0 Å². The van der Waals surface area contributed by atoms with E-state index < -0.39 is 0 Å². The van der Waals surface area contributed by atoms with Crippen molar-refractivity contribution >= 4 is 32.3 Å². The molecule has 0 spiro atoms. The number of hydrogen-bond donors (Lipinski definition) is 0. The van der Waals surface area contributed by atoms with Crippen LogP contribution in [-0.4, -0.2) is 0 Å². The Morgan fingerprint density at radius 1 is 0.462 bits per heavy atom. The number of benzene rings is 5. The number of fused-ring (bicyclic) bond motifs is 4. The first-order valence-corrected chi connectivity index (χ1v) is 9.13. The molecule has 0 aromatic heterocycles. The molecule has 0 unspecified atom stereocenters. The molecule has 0 bridgehead atoms. The van der Waals surface area contributed by atoms with Crippen LogP contribution in [0.4, 0.5) is 0 Å². The zero-order valence-corrected chi connectivity index (χ0v) is 15.1. The van der Waals surface area contributed by atoms with E-state index in [1.165, 1.54) is 54.6 Å². The molecule has 0 aliphatic heterocycles. The summed E-state index contributed by atoms with van der Waals surface area (Å²) < 4.78 is 0. The van der Waals surface area contributed by atoms with E-state index in [4.69, 9.17) is 0 Å². The first kappa shape index (κ1) is 15.2. The van der Waals surface area contributed by atoms with E-state index >= 15 is 0 Å². The van der Waals surface area contributed by atoms with Crippen molar-refractivity contribution in [2.24, 2.45) is 0 Å². The minimum Gasteiger partial charge on any atom is -0.0616 e. The Morgan fingerprint density at radius 3 is 2.00 bits per heavy atom. The lowest BCUT2D eigenvalue weighted by atomic mass is 9.89. The minimum atomic E-state index is 1.29. The summed E-state index contributed by atoms with van der Waals surface area (Å²) in [4.78, 5) is 0. The van der Waals surface area contributed by atoms with Crippen LogP contribution in [0.15, 0.2) is 84.9 Å². The van der Waals surface area contributed by atoms with E-state index in [-0.39, 0.29) is 0 Å². The predicted molar refractivity (Wildman–Crippen MR) is 114 cm³/mol. The summed E-state index contributed by atoms with van der Waals surface area (Å²) in [7, 11) is 0. The van der Waals surface area contributed by atoms with Gasteiger partial charge in [0.2, 0.25) is 0 Å². The molecule has 5 aromatic carbocycles. The van der Waals surface area contributed by atoms with Crippen LogP contribution < -0.4 is 0 Å². The molecule has 0 amide bonds. The van der Waals surface area contributed by atoms with Gasteiger partial charge in [0.25, 0.3) is 0 Å². The van der Waals surface area contributed by atoms with Crippen molar-refractivity contribution < 1.29 is 0 Å². The van der Waals surface area contributed by atoms with Crippen molar-refractivity contribution in [2.45, 2.75) is 13.8 Å². The summed E-state index contributed by atoms with van der Waals surface area (Å²) >= 11 is 0. The highest BCUT2D eigenvalue weighted by atomic mass is 14.2. The standard InChI is InChI=1S/C26H20/c1-17-11-12-21(15-18(17)2)26-23-10-6-4-8-20(23)16-25-22-9-5-3-7-19(22)13-14-24(25)26/h3-16H,1-2H3. The highest BCUT2D eigenvalue weighted by Gasteiger charge is 2.12. The second-order valence-corrected chi connectivity index (χ2v) is 7.15. The third-order valence-corrected chi connectivity index (χ3v) is 5.57. The van der Waals surface area contributed by atoms with E-state index in [1.807, 2.05) is 0 Å². The molecule has 0 fully saturated rings. The summed E-state index contributed by atoms with van der Waals surface area (Å²) in [5.41, 5.74) is 5.31. The van der Waals surface area contributed by atoms with Gasteiger partial charge >= 0.3 is 0 Å². The lowest BCUT2D eigenvalue weighted by molar-refractivity contribution is 1.34. The van der Waals surface area contributed by atoms with Crippen molar-refractivity contribution in [1.82, 2.24) is 0 Å². The van der Waals surface area contributed by atoms with E-state index in [2.05, 4.69) is 98.8 Å². The first-order chi connectivity index (χ1) is 12.7. The zero-order chi connectivity index (χ0) is 17.7. The van der Waals surface area contributed by atoms with Crippen molar-refractivity contribution in [3.8, 4) is 11.1 Å². The van der Waals surface area contributed by atoms with Crippen LogP contribution >= 0.6 is 0 Å². The number of rotatable bonds is 1. The average Bonchev–Trinajstić information content (AvgIpc) is 2.68. The summed E-state index contributed by atoms with van der Waals surface area (Å²) in [6.45, 7) is 4.37. The van der Waals surface area contributed by atoms with E-state index in [0.717, 1.165) is 0 Å². The largest absolute Gasteiger partial charge is 0.0616 e. The lowest BCUT2D eigenvalue weighted by Gasteiger charge is -2.15. The molecule has 0 saturated heterocycles. The molecule has 5 rings (SSSR count). The summed E-state index contributed by atoms with van der Waals surface area (Å²) in [6, 6.07) is 31.1. The summed E-state index contributed by atoms with van der Waals surface area (Å²) in [5.74, 6) is 0. The van der Waals surface area contributed by atoms with Crippen LogP contribution in [0.2, 0.25) is 0 Å². The quantitative estimate of drug-likeness (QED) is 0.221. The molecule has 0 heteroatoms. The Morgan fingerprint density at radius 2 is 1.19 bits per heavy atom. The van der Waals surface area contributed by atoms with Crippen molar-refractivity contribution in [1.29, 1.82) is 0 Å². The first-order valence-electron chi connectivity index (χ1n) is 9.13. The fraction of sp³-hybridized carbons (Fsp3) is 0.0769. The van der Waals surface area contributed by atoms with E-state index in [0.29, 0.717) is 0 Å². The molecule has 0 heterocycles. The molecular weight excluding hydrogens is 312 g/mol. The highest BCUT2D eigenvalue weighted by molar-refractivity contribution is 6.20.